The van der Waals surface area contributed by atoms with Crippen molar-refractivity contribution < 1.29 is 24.2 Å². The van der Waals surface area contributed by atoms with E-state index >= 15 is 0 Å². The molecule has 7 heteroatoms. The molecule has 0 aromatic carbocycles. The number of ether oxygens (including phenoxy) is 2. The van der Waals surface area contributed by atoms with E-state index in [0.717, 1.165) is 0 Å². The lowest BCUT2D eigenvalue weighted by molar-refractivity contribution is -0.147. The molecule has 19 heavy (non-hydrogen) atoms. The minimum atomic E-state index is -1.07. The number of carboxylic acids is 1. The lowest BCUT2D eigenvalue weighted by Gasteiger charge is -2.32. The molecule has 2 heterocycles. The Hall–Kier alpha value is -2.15. The summed E-state index contributed by atoms with van der Waals surface area (Å²) in [6, 6.07) is 2.16. The summed E-state index contributed by atoms with van der Waals surface area (Å²) >= 11 is 0. The van der Waals surface area contributed by atoms with Crippen LogP contribution in [0.3, 0.4) is 0 Å². The molecule has 1 aliphatic rings. The second kappa shape index (κ2) is 5.66. The Morgan fingerprint density at radius 1 is 1.53 bits per heavy atom. The Kier molecular flexibility index (Phi) is 3.96. The van der Waals surface area contributed by atoms with Crippen molar-refractivity contribution in [2.24, 2.45) is 0 Å². The van der Waals surface area contributed by atoms with E-state index in [1.807, 2.05) is 0 Å². The number of hydrogen-bond acceptors (Lipinski definition) is 5. The van der Waals surface area contributed by atoms with Gasteiger partial charge < -0.3 is 19.5 Å². The molecule has 0 saturated carbocycles. The zero-order valence-corrected chi connectivity index (χ0v) is 10.4. The van der Waals surface area contributed by atoms with Crippen LogP contribution in [0.15, 0.2) is 18.3 Å². The van der Waals surface area contributed by atoms with Crippen molar-refractivity contribution in [1.29, 1.82) is 0 Å². The summed E-state index contributed by atoms with van der Waals surface area (Å²) in [5.41, 5.74) is 0.328. The molecule has 1 aromatic rings. The molecule has 7 nitrogen and oxygen atoms in total. The highest BCUT2D eigenvalue weighted by Gasteiger charge is 2.33. The van der Waals surface area contributed by atoms with Crippen molar-refractivity contribution in [1.82, 2.24) is 9.88 Å². The Balaban J connectivity index is 2.18. The van der Waals surface area contributed by atoms with Gasteiger partial charge in [0.25, 0.3) is 5.91 Å². The molecule has 1 fully saturated rings. The second-order valence-electron chi connectivity index (χ2n) is 4.02. The van der Waals surface area contributed by atoms with Crippen LogP contribution in [0.2, 0.25) is 0 Å². The minimum absolute atomic E-state index is 0.00462. The first-order chi connectivity index (χ1) is 9.13. The van der Waals surface area contributed by atoms with E-state index in [-0.39, 0.29) is 19.1 Å². The van der Waals surface area contributed by atoms with Crippen LogP contribution in [0.25, 0.3) is 0 Å². The molecule has 1 aromatic heterocycles. The van der Waals surface area contributed by atoms with Gasteiger partial charge in [0.05, 0.1) is 25.9 Å². The molecule has 0 spiro atoms. The first kappa shape index (κ1) is 13.3. The van der Waals surface area contributed by atoms with Gasteiger partial charge in [-0.05, 0) is 6.07 Å². The number of aromatic nitrogens is 1. The third-order valence-corrected chi connectivity index (χ3v) is 2.87. The van der Waals surface area contributed by atoms with Gasteiger partial charge in [0.1, 0.15) is 0 Å². The van der Waals surface area contributed by atoms with E-state index in [9.17, 15) is 9.59 Å². The molecule has 102 valence electrons. The van der Waals surface area contributed by atoms with Crippen LogP contribution in [-0.4, -0.2) is 59.8 Å². The lowest BCUT2D eigenvalue weighted by Crippen LogP contribution is -2.52. The number of aliphatic carboxylic acids is 1. The number of pyridine rings is 1. The maximum absolute atomic E-state index is 12.2. The van der Waals surface area contributed by atoms with Gasteiger partial charge in [0, 0.05) is 18.8 Å². The third kappa shape index (κ3) is 2.82. The van der Waals surface area contributed by atoms with Crippen molar-refractivity contribution in [3.05, 3.63) is 23.9 Å². The molecule has 1 unspecified atom stereocenters. The number of carboxylic acid groups (broad SMARTS) is 1. The number of morpholine rings is 1. The monoisotopic (exact) mass is 266 g/mol. The van der Waals surface area contributed by atoms with Crippen molar-refractivity contribution in [3.63, 3.8) is 0 Å². The summed E-state index contributed by atoms with van der Waals surface area (Å²) in [6.45, 7) is 0.589. The van der Waals surface area contributed by atoms with E-state index < -0.39 is 12.0 Å². The first-order valence-electron chi connectivity index (χ1n) is 5.75. The minimum Gasteiger partial charge on any atom is -0.481 e. The SMILES string of the molecule is COc1ccc(C(=O)N2CCOCC2C(=O)O)cn1. The molecule has 2 rings (SSSR count). The van der Waals surface area contributed by atoms with Crippen LogP contribution in [-0.2, 0) is 9.53 Å². The van der Waals surface area contributed by atoms with Crippen LogP contribution < -0.4 is 4.74 Å². The zero-order valence-electron chi connectivity index (χ0n) is 10.4. The van der Waals surface area contributed by atoms with Gasteiger partial charge in [0.2, 0.25) is 5.88 Å². The van der Waals surface area contributed by atoms with Crippen molar-refractivity contribution in [3.8, 4) is 5.88 Å². The number of methoxy groups -OCH3 is 1. The van der Waals surface area contributed by atoms with Crippen LogP contribution >= 0.6 is 0 Å². The van der Waals surface area contributed by atoms with Crippen molar-refractivity contribution in [2.45, 2.75) is 6.04 Å². The maximum Gasteiger partial charge on any atom is 0.328 e. The predicted octanol–water partition coefficient (Wildman–Crippen LogP) is 0.0158. The molecule has 1 N–H and O–H groups in total. The molecule has 1 amide bonds. The Bertz CT molecular complexity index is 474. The fraction of sp³-hybridized carbons (Fsp3) is 0.417. The molecular weight excluding hydrogens is 252 g/mol. The van der Waals surface area contributed by atoms with Crippen LogP contribution in [0.1, 0.15) is 10.4 Å². The predicted molar refractivity (Wildman–Crippen MR) is 64.1 cm³/mol. The Labute approximate surface area is 109 Å². The quantitative estimate of drug-likeness (QED) is 0.829. The highest BCUT2D eigenvalue weighted by molar-refractivity contribution is 5.96. The van der Waals surface area contributed by atoms with Crippen molar-refractivity contribution >= 4 is 11.9 Å². The zero-order chi connectivity index (χ0) is 13.8. The summed E-state index contributed by atoms with van der Waals surface area (Å²) in [5, 5.41) is 9.08. The fourth-order valence-corrected chi connectivity index (χ4v) is 1.84. The molecule has 1 aliphatic heterocycles. The smallest absolute Gasteiger partial charge is 0.328 e. The average Bonchev–Trinajstić information content (AvgIpc) is 2.46. The molecule has 0 bridgehead atoms. The molecular formula is C12H14N2O5. The van der Waals surface area contributed by atoms with E-state index in [2.05, 4.69) is 4.98 Å². The standard InChI is InChI=1S/C12H14N2O5/c1-18-10-3-2-8(6-13-10)11(15)14-4-5-19-7-9(14)12(16)17/h2-3,6,9H,4-5,7H2,1H3,(H,16,17). The van der Waals surface area contributed by atoms with Crippen LogP contribution in [0.5, 0.6) is 5.88 Å². The second-order valence-corrected chi connectivity index (χ2v) is 4.02. The van der Waals surface area contributed by atoms with E-state index in [4.69, 9.17) is 14.6 Å². The van der Waals surface area contributed by atoms with Gasteiger partial charge in [-0.1, -0.05) is 0 Å². The number of carbonyl (C=O) groups is 2. The van der Waals surface area contributed by atoms with E-state index in [1.165, 1.54) is 18.2 Å². The normalized spacial score (nSPS) is 19.0. The molecule has 0 radical (unpaired) electrons. The van der Waals surface area contributed by atoms with Gasteiger partial charge in [-0.25, -0.2) is 9.78 Å². The highest BCUT2D eigenvalue weighted by atomic mass is 16.5. The number of amides is 1. The summed E-state index contributed by atoms with van der Waals surface area (Å²) in [7, 11) is 1.48. The molecule has 1 atom stereocenters. The van der Waals surface area contributed by atoms with E-state index in [0.29, 0.717) is 18.1 Å². The van der Waals surface area contributed by atoms with Crippen LogP contribution in [0.4, 0.5) is 0 Å². The Morgan fingerprint density at radius 2 is 2.32 bits per heavy atom. The summed E-state index contributed by atoms with van der Waals surface area (Å²) < 4.78 is 9.99. The van der Waals surface area contributed by atoms with Gasteiger partial charge in [-0.3, -0.25) is 4.79 Å². The molecule has 0 aliphatic carbocycles. The number of hydrogen-bond donors (Lipinski definition) is 1. The first-order valence-corrected chi connectivity index (χ1v) is 5.75. The average molecular weight is 266 g/mol. The number of rotatable bonds is 3. The van der Waals surface area contributed by atoms with Crippen molar-refractivity contribution in [2.75, 3.05) is 26.9 Å². The summed E-state index contributed by atoms with van der Waals surface area (Å²) in [4.78, 5) is 28.6. The summed E-state index contributed by atoms with van der Waals surface area (Å²) in [6.07, 6.45) is 1.37. The van der Waals surface area contributed by atoms with Gasteiger partial charge in [-0.15, -0.1) is 0 Å². The largest absolute Gasteiger partial charge is 0.481 e. The number of nitrogens with zero attached hydrogens (tertiary/aromatic N) is 2. The third-order valence-electron chi connectivity index (χ3n) is 2.87. The topological polar surface area (TPSA) is 89.0 Å². The maximum atomic E-state index is 12.2. The fourth-order valence-electron chi connectivity index (χ4n) is 1.84. The van der Waals surface area contributed by atoms with Gasteiger partial charge in [0.15, 0.2) is 6.04 Å². The van der Waals surface area contributed by atoms with Gasteiger partial charge >= 0.3 is 5.97 Å². The molecule has 1 saturated heterocycles. The summed E-state index contributed by atoms with van der Waals surface area (Å²) in [5.74, 6) is -1.05. The van der Waals surface area contributed by atoms with Gasteiger partial charge in [-0.2, -0.15) is 0 Å². The number of carbonyl (C=O) groups excluding carboxylic acids is 1. The Morgan fingerprint density at radius 3 is 2.89 bits per heavy atom. The van der Waals surface area contributed by atoms with Crippen LogP contribution in [0, 0.1) is 0 Å². The highest BCUT2D eigenvalue weighted by Crippen LogP contribution is 2.14. The van der Waals surface area contributed by atoms with E-state index in [1.54, 1.807) is 12.1 Å². The lowest BCUT2D eigenvalue weighted by atomic mass is 10.1.